The standard InChI is InChI=1S/C22H23N3O5/c1-14-22(28)25-18-13-16(6-9-19(18)30-14)24-21(27)11-12-23-20(26)10-5-15-3-7-17(29-2)8-4-15/h3-10,13-14H,11-12H2,1-2H3,(H,23,26)(H,24,27)(H,25,28)/b10-5+/t14-/m1/s1. The van der Waals surface area contributed by atoms with E-state index in [0.29, 0.717) is 17.1 Å². The molecule has 2 aromatic rings. The number of nitrogens with one attached hydrogen (secondary N) is 3. The Balaban J connectivity index is 1.43. The topological polar surface area (TPSA) is 106 Å². The first-order valence-corrected chi connectivity index (χ1v) is 9.46. The zero-order chi connectivity index (χ0) is 21.5. The number of benzene rings is 2. The van der Waals surface area contributed by atoms with E-state index in [-0.39, 0.29) is 30.7 Å². The molecule has 0 spiro atoms. The van der Waals surface area contributed by atoms with Crippen molar-refractivity contribution >= 4 is 35.2 Å². The first-order valence-electron chi connectivity index (χ1n) is 9.46. The molecule has 0 unspecified atom stereocenters. The lowest BCUT2D eigenvalue weighted by Crippen LogP contribution is -2.34. The monoisotopic (exact) mass is 409 g/mol. The van der Waals surface area contributed by atoms with Crippen LogP contribution in [0.15, 0.2) is 48.5 Å². The van der Waals surface area contributed by atoms with Gasteiger partial charge >= 0.3 is 0 Å². The van der Waals surface area contributed by atoms with Crippen molar-refractivity contribution in [3.05, 3.63) is 54.1 Å². The fourth-order valence-electron chi connectivity index (χ4n) is 2.76. The molecule has 0 fully saturated rings. The second kappa shape index (κ2) is 9.60. The van der Waals surface area contributed by atoms with Crippen LogP contribution in [0.1, 0.15) is 18.9 Å². The van der Waals surface area contributed by atoms with Gasteiger partial charge in [-0.2, -0.15) is 0 Å². The normalized spacial score (nSPS) is 15.0. The van der Waals surface area contributed by atoms with E-state index in [2.05, 4.69) is 16.0 Å². The van der Waals surface area contributed by atoms with Gasteiger partial charge in [-0.3, -0.25) is 14.4 Å². The summed E-state index contributed by atoms with van der Waals surface area (Å²) in [5, 5.41) is 8.13. The van der Waals surface area contributed by atoms with Gasteiger partial charge in [0.25, 0.3) is 5.91 Å². The summed E-state index contributed by atoms with van der Waals surface area (Å²) in [4.78, 5) is 35.7. The first-order chi connectivity index (χ1) is 14.4. The van der Waals surface area contributed by atoms with E-state index in [1.54, 1.807) is 50.4 Å². The second-order valence-electron chi connectivity index (χ2n) is 6.66. The van der Waals surface area contributed by atoms with Gasteiger partial charge in [0, 0.05) is 24.7 Å². The number of hydrogen-bond donors (Lipinski definition) is 3. The Labute approximate surface area is 174 Å². The lowest BCUT2D eigenvalue weighted by Gasteiger charge is -2.23. The number of amides is 3. The van der Waals surface area contributed by atoms with E-state index in [9.17, 15) is 14.4 Å². The number of methoxy groups -OCH3 is 1. The third-order valence-corrected chi connectivity index (χ3v) is 4.39. The quantitative estimate of drug-likeness (QED) is 0.610. The molecule has 0 bridgehead atoms. The van der Waals surface area contributed by atoms with Gasteiger partial charge in [-0.1, -0.05) is 12.1 Å². The molecule has 1 heterocycles. The fourth-order valence-corrected chi connectivity index (χ4v) is 2.76. The smallest absolute Gasteiger partial charge is 0.265 e. The van der Waals surface area contributed by atoms with Crippen molar-refractivity contribution in [1.82, 2.24) is 5.32 Å². The molecule has 3 amide bonds. The Morgan fingerprint density at radius 3 is 2.70 bits per heavy atom. The number of anilines is 2. The van der Waals surface area contributed by atoms with Crippen molar-refractivity contribution in [1.29, 1.82) is 0 Å². The number of carbonyl (C=O) groups is 3. The zero-order valence-corrected chi connectivity index (χ0v) is 16.7. The molecule has 0 aliphatic carbocycles. The highest BCUT2D eigenvalue weighted by Crippen LogP contribution is 2.32. The van der Waals surface area contributed by atoms with Crippen LogP contribution in [0.25, 0.3) is 6.08 Å². The summed E-state index contributed by atoms with van der Waals surface area (Å²) in [6.45, 7) is 1.86. The highest BCUT2D eigenvalue weighted by molar-refractivity contribution is 5.99. The van der Waals surface area contributed by atoms with Gasteiger partial charge in [-0.05, 0) is 48.9 Å². The fraction of sp³-hybridized carbons (Fsp3) is 0.227. The van der Waals surface area contributed by atoms with E-state index in [0.717, 1.165) is 11.3 Å². The van der Waals surface area contributed by atoms with Crippen molar-refractivity contribution in [2.45, 2.75) is 19.4 Å². The number of fused-ring (bicyclic) bond motifs is 1. The van der Waals surface area contributed by atoms with Crippen molar-refractivity contribution in [2.75, 3.05) is 24.3 Å². The molecule has 1 aliphatic heterocycles. The Morgan fingerprint density at radius 1 is 1.20 bits per heavy atom. The lowest BCUT2D eigenvalue weighted by molar-refractivity contribution is -0.122. The van der Waals surface area contributed by atoms with Gasteiger partial charge in [0.2, 0.25) is 11.8 Å². The Morgan fingerprint density at radius 2 is 1.97 bits per heavy atom. The molecule has 0 saturated heterocycles. The van der Waals surface area contributed by atoms with Gasteiger partial charge in [0.15, 0.2) is 6.10 Å². The van der Waals surface area contributed by atoms with Crippen LogP contribution in [-0.2, 0) is 14.4 Å². The first kappa shape index (κ1) is 20.9. The number of rotatable bonds is 7. The van der Waals surface area contributed by atoms with Crippen LogP contribution < -0.4 is 25.4 Å². The van der Waals surface area contributed by atoms with E-state index in [1.165, 1.54) is 6.08 Å². The number of hydrogen-bond acceptors (Lipinski definition) is 5. The zero-order valence-electron chi connectivity index (χ0n) is 16.7. The maximum absolute atomic E-state index is 12.1. The Bertz CT molecular complexity index is 969. The van der Waals surface area contributed by atoms with Crippen LogP contribution >= 0.6 is 0 Å². The molecule has 1 atom stereocenters. The molecule has 8 nitrogen and oxygen atoms in total. The van der Waals surface area contributed by atoms with Crippen molar-refractivity contribution in [3.8, 4) is 11.5 Å². The average Bonchev–Trinajstić information content (AvgIpc) is 2.73. The van der Waals surface area contributed by atoms with Crippen LogP contribution in [-0.4, -0.2) is 37.5 Å². The molecular formula is C22H23N3O5. The summed E-state index contributed by atoms with van der Waals surface area (Å²) in [6, 6.07) is 12.3. The van der Waals surface area contributed by atoms with Gasteiger partial charge in [0.1, 0.15) is 11.5 Å². The molecule has 3 N–H and O–H groups in total. The summed E-state index contributed by atoms with van der Waals surface area (Å²) in [6.07, 6.45) is 2.64. The molecular weight excluding hydrogens is 386 g/mol. The van der Waals surface area contributed by atoms with Crippen LogP contribution in [0.3, 0.4) is 0 Å². The van der Waals surface area contributed by atoms with Crippen molar-refractivity contribution in [3.63, 3.8) is 0 Å². The highest BCUT2D eigenvalue weighted by Gasteiger charge is 2.23. The maximum Gasteiger partial charge on any atom is 0.265 e. The summed E-state index contributed by atoms with van der Waals surface area (Å²) in [7, 11) is 1.59. The number of carbonyl (C=O) groups excluding carboxylic acids is 3. The van der Waals surface area contributed by atoms with Gasteiger partial charge in [-0.15, -0.1) is 0 Å². The maximum atomic E-state index is 12.1. The van der Waals surface area contributed by atoms with Crippen molar-refractivity contribution < 1.29 is 23.9 Å². The lowest BCUT2D eigenvalue weighted by atomic mass is 10.2. The summed E-state index contributed by atoms with van der Waals surface area (Å²) in [5.41, 5.74) is 1.90. The van der Waals surface area contributed by atoms with E-state index in [1.807, 2.05) is 12.1 Å². The molecule has 0 saturated carbocycles. The number of ether oxygens (including phenoxy) is 2. The predicted octanol–water partition coefficient (Wildman–Crippen LogP) is 2.57. The van der Waals surface area contributed by atoms with E-state index >= 15 is 0 Å². The molecule has 0 aromatic heterocycles. The third-order valence-electron chi connectivity index (χ3n) is 4.39. The van der Waals surface area contributed by atoms with Gasteiger partial charge in [0.05, 0.1) is 12.8 Å². The van der Waals surface area contributed by atoms with Crippen LogP contribution in [0.2, 0.25) is 0 Å². The average molecular weight is 409 g/mol. The van der Waals surface area contributed by atoms with Crippen LogP contribution in [0, 0.1) is 0 Å². The van der Waals surface area contributed by atoms with E-state index in [4.69, 9.17) is 9.47 Å². The highest BCUT2D eigenvalue weighted by atomic mass is 16.5. The summed E-state index contributed by atoms with van der Waals surface area (Å²) in [5.74, 6) is 0.505. The SMILES string of the molecule is COc1ccc(/C=C/C(=O)NCCC(=O)Nc2ccc3c(c2)NC(=O)[C@@H](C)O3)cc1. The van der Waals surface area contributed by atoms with Crippen LogP contribution in [0.4, 0.5) is 11.4 Å². The largest absolute Gasteiger partial charge is 0.497 e. The Hall–Kier alpha value is -3.81. The van der Waals surface area contributed by atoms with Gasteiger partial charge < -0.3 is 25.4 Å². The predicted molar refractivity (Wildman–Crippen MR) is 113 cm³/mol. The molecule has 3 rings (SSSR count). The molecule has 2 aromatic carbocycles. The third kappa shape index (κ3) is 5.60. The van der Waals surface area contributed by atoms with Crippen LogP contribution in [0.5, 0.6) is 11.5 Å². The molecule has 156 valence electrons. The molecule has 8 heteroatoms. The summed E-state index contributed by atoms with van der Waals surface area (Å²) >= 11 is 0. The second-order valence-corrected chi connectivity index (χ2v) is 6.66. The van der Waals surface area contributed by atoms with Crippen molar-refractivity contribution in [2.24, 2.45) is 0 Å². The molecule has 1 aliphatic rings. The minimum absolute atomic E-state index is 0.110. The van der Waals surface area contributed by atoms with E-state index < -0.39 is 6.10 Å². The Kier molecular flexibility index (Phi) is 6.69. The summed E-state index contributed by atoms with van der Waals surface area (Å²) < 4.78 is 10.6. The minimum atomic E-state index is -0.555. The van der Waals surface area contributed by atoms with Gasteiger partial charge in [-0.25, -0.2) is 0 Å². The molecule has 30 heavy (non-hydrogen) atoms. The minimum Gasteiger partial charge on any atom is -0.497 e. The molecule has 0 radical (unpaired) electrons.